The number of nitrogens with one attached hydrogen (secondary N) is 3. The minimum Gasteiger partial charge on any atom is -0.356 e. The predicted molar refractivity (Wildman–Crippen MR) is 149 cm³/mol. The monoisotopic (exact) mass is 542 g/mol. The number of nitrogens with zero attached hydrogens (tertiary/aromatic N) is 1. The molecule has 1 saturated heterocycles. The van der Waals surface area contributed by atoms with Crippen LogP contribution in [0.3, 0.4) is 0 Å². The Hall–Kier alpha value is -3.29. The Bertz CT molecular complexity index is 1240. The Morgan fingerprint density at radius 3 is 2.54 bits per heavy atom. The van der Waals surface area contributed by atoms with Crippen molar-refractivity contribution >= 4 is 55.5 Å². The lowest BCUT2D eigenvalue weighted by Crippen LogP contribution is -2.43. The summed E-state index contributed by atoms with van der Waals surface area (Å²) in [7, 11) is 0. The average Bonchev–Trinajstić information content (AvgIpc) is 3.30. The molecule has 1 fully saturated rings. The first kappa shape index (κ1) is 29.9. The molecule has 2 aromatic carbocycles. The molecule has 3 N–H and O–H groups in total. The molecule has 3 atom stereocenters. The number of hydrogen-bond acceptors (Lipinski definition) is 4. The van der Waals surface area contributed by atoms with Gasteiger partial charge in [-0.1, -0.05) is 30.3 Å². The highest BCUT2D eigenvalue weighted by atomic mass is 32.1. The summed E-state index contributed by atoms with van der Waals surface area (Å²) >= 11 is 0. The minimum absolute atomic E-state index is 0. The molecule has 1 aliphatic rings. The summed E-state index contributed by atoms with van der Waals surface area (Å²) in [4.78, 5) is 41.5. The number of aromatic nitrogens is 1. The van der Waals surface area contributed by atoms with Crippen LogP contribution in [-0.4, -0.2) is 35.2 Å². The standard InChI is InChI=1S/C27H27FN4O3.2H2S/c28-21-9-7-17(8-10-21)13-23(32-27(35)24-15-19-4-1-2-6-22(19)31-24)25(33)14-18(16-29)12-20-5-3-11-30-26(20)34;;/h1-2,4,6-10,15,18,20,23,31H,3,5,11-14H2,(H,30,34)(H,32,35);2*1H2/t18-,20?,23+;;/m1../s1. The third-order valence-electron chi connectivity index (χ3n) is 6.42. The lowest BCUT2D eigenvalue weighted by atomic mass is 9.85. The molecule has 0 bridgehead atoms. The van der Waals surface area contributed by atoms with Crippen LogP contribution in [0, 0.1) is 29.0 Å². The maximum atomic E-state index is 13.4. The van der Waals surface area contributed by atoms with Gasteiger partial charge in [0.2, 0.25) is 5.91 Å². The van der Waals surface area contributed by atoms with E-state index in [0.29, 0.717) is 30.6 Å². The molecule has 0 aliphatic carbocycles. The van der Waals surface area contributed by atoms with E-state index in [9.17, 15) is 24.0 Å². The Morgan fingerprint density at radius 1 is 1.14 bits per heavy atom. The Labute approximate surface area is 229 Å². The zero-order valence-corrected chi connectivity index (χ0v) is 22.2. The molecule has 1 unspecified atom stereocenters. The van der Waals surface area contributed by atoms with Crippen LogP contribution < -0.4 is 10.6 Å². The van der Waals surface area contributed by atoms with Gasteiger partial charge in [-0.2, -0.15) is 32.3 Å². The van der Waals surface area contributed by atoms with Crippen LogP contribution >= 0.6 is 27.0 Å². The van der Waals surface area contributed by atoms with Gasteiger partial charge in [-0.15, -0.1) is 0 Å². The number of amides is 2. The molecule has 7 nitrogen and oxygen atoms in total. The van der Waals surface area contributed by atoms with Gasteiger partial charge in [-0.25, -0.2) is 4.39 Å². The molecule has 37 heavy (non-hydrogen) atoms. The number of hydrogen-bond donors (Lipinski definition) is 3. The van der Waals surface area contributed by atoms with Crippen LogP contribution in [0.2, 0.25) is 0 Å². The van der Waals surface area contributed by atoms with Gasteiger partial charge in [0, 0.05) is 29.8 Å². The molecular formula is C27H31FN4O3S2. The summed E-state index contributed by atoms with van der Waals surface area (Å²) < 4.78 is 13.4. The Balaban J connectivity index is 0.00000241. The summed E-state index contributed by atoms with van der Waals surface area (Å²) in [6, 6.07) is 16.2. The van der Waals surface area contributed by atoms with Crippen LogP contribution in [0.25, 0.3) is 10.9 Å². The van der Waals surface area contributed by atoms with Crippen LogP contribution in [0.15, 0.2) is 54.6 Å². The van der Waals surface area contributed by atoms with Crippen molar-refractivity contribution in [1.29, 1.82) is 5.26 Å². The molecular weight excluding hydrogens is 511 g/mol. The van der Waals surface area contributed by atoms with Crippen molar-refractivity contribution in [3.05, 3.63) is 71.7 Å². The number of para-hydroxylation sites is 1. The molecule has 3 aromatic rings. The van der Waals surface area contributed by atoms with E-state index in [2.05, 4.69) is 21.7 Å². The average molecular weight is 543 g/mol. The topological polar surface area (TPSA) is 115 Å². The second-order valence-electron chi connectivity index (χ2n) is 8.99. The van der Waals surface area contributed by atoms with Gasteiger partial charge in [0.05, 0.1) is 18.0 Å². The van der Waals surface area contributed by atoms with Crippen molar-refractivity contribution in [2.24, 2.45) is 11.8 Å². The molecule has 0 radical (unpaired) electrons. The van der Waals surface area contributed by atoms with Gasteiger partial charge in [0.25, 0.3) is 5.91 Å². The van der Waals surface area contributed by atoms with E-state index < -0.39 is 23.7 Å². The highest BCUT2D eigenvalue weighted by Gasteiger charge is 2.30. The number of nitriles is 1. The maximum absolute atomic E-state index is 13.4. The number of rotatable bonds is 9. The van der Waals surface area contributed by atoms with Crippen molar-refractivity contribution in [1.82, 2.24) is 15.6 Å². The van der Waals surface area contributed by atoms with E-state index in [1.165, 1.54) is 12.1 Å². The number of Topliss-reactive ketones (excluding diaryl/α,β-unsaturated/α-hetero) is 1. The molecule has 2 heterocycles. The molecule has 4 rings (SSSR count). The molecule has 196 valence electrons. The molecule has 2 amide bonds. The Kier molecular flexibility index (Phi) is 11.2. The minimum atomic E-state index is -0.907. The van der Waals surface area contributed by atoms with Crippen molar-refractivity contribution in [3.63, 3.8) is 0 Å². The number of carbonyl (C=O) groups is 3. The van der Waals surface area contributed by atoms with Crippen LogP contribution in [0.4, 0.5) is 4.39 Å². The van der Waals surface area contributed by atoms with Crippen LogP contribution in [-0.2, 0) is 16.0 Å². The SMILES string of the molecule is N#C[C@@H](CC(=O)[C@H](Cc1ccc(F)cc1)NC(=O)c1cc2ccccc2[nH]1)CC1CCCNC1=O.S.S. The largest absolute Gasteiger partial charge is 0.356 e. The van der Waals surface area contributed by atoms with Crippen molar-refractivity contribution in [2.75, 3.05) is 6.54 Å². The van der Waals surface area contributed by atoms with Crippen molar-refractivity contribution < 1.29 is 18.8 Å². The number of carbonyl (C=O) groups excluding carboxylic acids is 3. The van der Waals surface area contributed by atoms with E-state index >= 15 is 0 Å². The smallest absolute Gasteiger partial charge is 0.268 e. The number of H-pyrrole nitrogens is 1. The number of piperidine rings is 1. The molecule has 10 heteroatoms. The first-order valence-electron chi connectivity index (χ1n) is 11.8. The quantitative estimate of drug-likeness (QED) is 0.381. The predicted octanol–water partition coefficient (Wildman–Crippen LogP) is 3.89. The molecule has 0 saturated carbocycles. The maximum Gasteiger partial charge on any atom is 0.268 e. The summed E-state index contributed by atoms with van der Waals surface area (Å²) in [5, 5.41) is 16.1. The number of aromatic amines is 1. The normalized spacial score (nSPS) is 16.3. The first-order chi connectivity index (χ1) is 16.9. The van der Waals surface area contributed by atoms with Crippen molar-refractivity contribution in [3.8, 4) is 6.07 Å². The van der Waals surface area contributed by atoms with Gasteiger partial charge in [-0.05, 0) is 55.5 Å². The first-order valence-corrected chi connectivity index (χ1v) is 11.8. The van der Waals surface area contributed by atoms with Gasteiger partial charge in [-0.3, -0.25) is 14.4 Å². The lowest BCUT2D eigenvalue weighted by Gasteiger charge is -2.24. The van der Waals surface area contributed by atoms with E-state index in [4.69, 9.17) is 0 Å². The Morgan fingerprint density at radius 2 is 1.86 bits per heavy atom. The zero-order valence-electron chi connectivity index (χ0n) is 20.2. The number of benzene rings is 2. The molecule has 1 aromatic heterocycles. The fourth-order valence-corrected chi connectivity index (χ4v) is 4.50. The molecule has 1 aliphatic heterocycles. The van der Waals surface area contributed by atoms with Crippen LogP contribution in [0.1, 0.15) is 41.7 Å². The highest BCUT2D eigenvalue weighted by molar-refractivity contribution is 7.59. The number of halogens is 1. The third kappa shape index (κ3) is 7.84. The summed E-state index contributed by atoms with van der Waals surface area (Å²) in [5.41, 5.74) is 1.80. The van der Waals surface area contributed by atoms with E-state index in [-0.39, 0.29) is 57.4 Å². The molecule has 0 spiro atoms. The van der Waals surface area contributed by atoms with E-state index in [0.717, 1.165) is 17.3 Å². The fraction of sp³-hybridized carbons (Fsp3) is 0.333. The van der Waals surface area contributed by atoms with Gasteiger partial charge in [0.1, 0.15) is 11.5 Å². The van der Waals surface area contributed by atoms with Gasteiger partial charge in [0.15, 0.2) is 5.78 Å². The number of fused-ring (bicyclic) bond motifs is 1. The van der Waals surface area contributed by atoms with Crippen molar-refractivity contribution in [2.45, 2.75) is 38.1 Å². The second kappa shape index (κ2) is 13.9. The third-order valence-corrected chi connectivity index (χ3v) is 6.42. The fourth-order valence-electron chi connectivity index (χ4n) is 4.50. The van der Waals surface area contributed by atoms with E-state index in [1.807, 2.05) is 24.3 Å². The zero-order chi connectivity index (χ0) is 24.8. The highest BCUT2D eigenvalue weighted by Crippen LogP contribution is 2.23. The second-order valence-corrected chi connectivity index (χ2v) is 8.99. The summed E-state index contributed by atoms with van der Waals surface area (Å²) in [6.07, 6.45) is 1.91. The van der Waals surface area contributed by atoms with E-state index in [1.54, 1.807) is 18.2 Å². The number of ketones is 1. The summed E-state index contributed by atoms with van der Waals surface area (Å²) in [5.74, 6) is -2.16. The van der Waals surface area contributed by atoms with Crippen LogP contribution in [0.5, 0.6) is 0 Å². The lowest BCUT2D eigenvalue weighted by molar-refractivity contribution is -0.128. The van der Waals surface area contributed by atoms with Gasteiger partial charge >= 0.3 is 0 Å². The van der Waals surface area contributed by atoms with Gasteiger partial charge < -0.3 is 15.6 Å². The summed E-state index contributed by atoms with van der Waals surface area (Å²) in [6.45, 7) is 0.630.